The average Bonchev–Trinajstić information content (AvgIpc) is 2.52. The lowest BCUT2D eigenvalue weighted by Gasteiger charge is -2.29. The normalized spacial score (nSPS) is 13.6. The zero-order chi connectivity index (χ0) is 15.8. The van der Waals surface area contributed by atoms with Gasteiger partial charge in [-0.3, -0.25) is 9.59 Å². The lowest BCUT2D eigenvalue weighted by Crippen LogP contribution is -2.38. The Labute approximate surface area is 125 Å². The molecule has 0 bridgehead atoms. The molecule has 0 aliphatic carbocycles. The Kier molecular flexibility index (Phi) is 6.88. The fourth-order valence-electron chi connectivity index (χ4n) is 2.42. The summed E-state index contributed by atoms with van der Waals surface area (Å²) in [6.07, 6.45) is -0.333. The zero-order valence-electron chi connectivity index (χ0n) is 12.9. The van der Waals surface area contributed by atoms with Gasteiger partial charge >= 0.3 is 11.9 Å². The SMILES string of the molecule is CCOC(C)C(c1ccccc1)C(C(=O)OC)C(=O)OC. The summed E-state index contributed by atoms with van der Waals surface area (Å²) in [5.41, 5.74) is 0.833. The van der Waals surface area contributed by atoms with Crippen LogP contribution in [0.25, 0.3) is 0 Å². The molecule has 0 aromatic heterocycles. The second-order valence-electron chi connectivity index (χ2n) is 4.62. The van der Waals surface area contributed by atoms with E-state index in [1.165, 1.54) is 14.2 Å². The molecule has 5 heteroatoms. The van der Waals surface area contributed by atoms with E-state index >= 15 is 0 Å². The van der Waals surface area contributed by atoms with Gasteiger partial charge in [0.15, 0.2) is 5.92 Å². The summed E-state index contributed by atoms with van der Waals surface area (Å²) in [5.74, 6) is -2.76. The van der Waals surface area contributed by atoms with Crippen molar-refractivity contribution in [2.24, 2.45) is 5.92 Å². The number of carbonyl (C=O) groups excluding carboxylic acids is 2. The lowest BCUT2D eigenvalue weighted by atomic mass is 9.82. The van der Waals surface area contributed by atoms with E-state index < -0.39 is 23.8 Å². The van der Waals surface area contributed by atoms with Crippen LogP contribution in [0.4, 0.5) is 0 Å². The number of methoxy groups -OCH3 is 2. The molecule has 0 aliphatic heterocycles. The molecule has 2 unspecified atom stereocenters. The Balaban J connectivity index is 3.24. The van der Waals surface area contributed by atoms with E-state index in [-0.39, 0.29) is 6.10 Å². The van der Waals surface area contributed by atoms with Gasteiger partial charge in [-0.15, -0.1) is 0 Å². The smallest absolute Gasteiger partial charge is 0.320 e. The fraction of sp³-hybridized carbons (Fsp3) is 0.500. The van der Waals surface area contributed by atoms with Crippen molar-refractivity contribution in [3.05, 3.63) is 35.9 Å². The van der Waals surface area contributed by atoms with Crippen molar-refractivity contribution >= 4 is 11.9 Å². The molecule has 0 radical (unpaired) electrons. The van der Waals surface area contributed by atoms with E-state index in [4.69, 9.17) is 14.2 Å². The van der Waals surface area contributed by atoms with E-state index in [0.717, 1.165) is 5.56 Å². The highest BCUT2D eigenvalue weighted by atomic mass is 16.5. The number of carbonyl (C=O) groups is 2. The fourth-order valence-corrected chi connectivity index (χ4v) is 2.42. The summed E-state index contributed by atoms with van der Waals surface area (Å²) in [6.45, 7) is 4.18. The van der Waals surface area contributed by atoms with Gasteiger partial charge in [0.2, 0.25) is 0 Å². The van der Waals surface area contributed by atoms with Gasteiger partial charge in [-0.1, -0.05) is 30.3 Å². The third-order valence-electron chi connectivity index (χ3n) is 3.39. The Morgan fingerprint density at radius 2 is 1.57 bits per heavy atom. The predicted molar refractivity (Wildman–Crippen MR) is 77.8 cm³/mol. The van der Waals surface area contributed by atoms with Crippen molar-refractivity contribution in [3.63, 3.8) is 0 Å². The minimum Gasteiger partial charge on any atom is -0.468 e. The molecule has 21 heavy (non-hydrogen) atoms. The zero-order valence-corrected chi connectivity index (χ0v) is 12.9. The third kappa shape index (κ3) is 4.29. The number of esters is 2. The molecule has 2 atom stereocenters. The van der Waals surface area contributed by atoms with Gasteiger partial charge in [-0.05, 0) is 19.4 Å². The van der Waals surface area contributed by atoms with Crippen LogP contribution in [0.3, 0.4) is 0 Å². The Morgan fingerprint density at radius 1 is 1.05 bits per heavy atom. The van der Waals surface area contributed by atoms with E-state index in [2.05, 4.69) is 0 Å². The molecule has 0 aliphatic rings. The van der Waals surface area contributed by atoms with Crippen LogP contribution >= 0.6 is 0 Å². The van der Waals surface area contributed by atoms with Crippen LogP contribution in [0.15, 0.2) is 30.3 Å². The second-order valence-corrected chi connectivity index (χ2v) is 4.62. The van der Waals surface area contributed by atoms with Crippen LogP contribution in [0.2, 0.25) is 0 Å². The lowest BCUT2D eigenvalue weighted by molar-refractivity contribution is -0.162. The molecule has 0 spiro atoms. The summed E-state index contributed by atoms with van der Waals surface area (Å²) in [5, 5.41) is 0. The molecule has 0 fully saturated rings. The average molecular weight is 294 g/mol. The van der Waals surface area contributed by atoms with E-state index in [9.17, 15) is 9.59 Å². The van der Waals surface area contributed by atoms with Crippen LogP contribution in [0.1, 0.15) is 25.3 Å². The molecule has 1 aromatic rings. The Hall–Kier alpha value is -1.88. The summed E-state index contributed by atoms with van der Waals surface area (Å²) in [7, 11) is 2.51. The predicted octanol–water partition coefficient (Wildman–Crippen LogP) is 2.16. The molecule has 0 saturated heterocycles. The molecular weight excluding hydrogens is 272 g/mol. The van der Waals surface area contributed by atoms with Crippen LogP contribution in [0.5, 0.6) is 0 Å². The monoisotopic (exact) mass is 294 g/mol. The minimum absolute atomic E-state index is 0.333. The van der Waals surface area contributed by atoms with E-state index in [0.29, 0.717) is 6.61 Å². The van der Waals surface area contributed by atoms with Gasteiger partial charge in [-0.25, -0.2) is 0 Å². The molecule has 0 N–H and O–H groups in total. The molecular formula is C16H22O5. The number of rotatable bonds is 7. The largest absolute Gasteiger partial charge is 0.468 e. The second kappa shape index (κ2) is 8.42. The first-order valence-electron chi connectivity index (χ1n) is 6.89. The van der Waals surface area contributed by atoms with Crippen molar-refractivity contribution in [1.82, 2.24) is 0 Å². The van der Waals surface area contributed by atoms with Crippen molar-refractivity contribution < 1.29 is 23.8 Å². The molecule has 0 saturated carbocycles. The minimum atomic E-state index is -1.05. The molecule has 0 amide bonds. The van der Waals surface area contributed by atoms with Gasteiger partial charge in [0.05, 0.1) is 20.3 Å². The van der Waals surface area contributed by atoms with E-state index in [1.54, 1.807) is 0 Å². The molecule has 0 heterocycles. The highest BCUT2D eigenvalue weighted by Crippen LogP contribution is 2.32. The van der Waals surface area contributed by atoms with Crippen molar-refractivity contribution in [1.29, 1.82) is 0 Å². The van der Waals surface area contributed by atoms with Crippen molar-refractivity contribution in [2.45, 2.75) is 25.9 Å². The summed E-state index contributed by atoms with van der Waals surface area (Å²) >= 11 is 0. The van der Waals surface area contributed by atoms with Gasteiger partial charge < -0.3 is 14.2 Å². The maximum Gasteiger partial charge on any atom is 0.320 e. The van der Waals surface area contributed by atoms with Crippen LogP contribution < -0.4 is 0 Å². The number of ether oxygens (including phenoxy) is 3. The molecule has 1 aromatic carbocycles. The first-order chi connectivity index (χ1) is 10.1. The van der Waals surface area contributed by atoms with Crippen molar-refractivity contribution in [2.75, 3.05) is 20.8 Å². The van der Waals surface area contributed by atoms with Crippen LogP contribution in [0, 0.1) is 5.92 Å². The third-order valence-corrected chi connectivity index (χ3v) is 3.39. The van der Waals surface area contributed by atoms with Gasteiger partial charge in [0, 0.05) is 12.5 Å². The maximum atomic E-state index is 12.1. The highest BCUT2D eigenvalue weighted by Gasteiger charge is 2.41. The van der Waals surface area contributed by atoms with Gasteiger partial charge in [0.1, 0.15) is 0 Å². The molecule has 5 nitrogen and oxygen atoms in total. The topological polar surface area (TPSA) is 61.8 Å². The van der Waals surface area contributed by atoms with Crippen LogP contribution in [-0.4, -0.2) is 38.9 Å². The maximum absolute atomic E-state index is 12.1. The standard InChI is InChI=1S/C16H22O5/c1-5-21-11(2)13(12-9-7-6-8-10-12)14(15(17)19-3)16(18)20-4/h6-11,13-14H,5H2,1-4H3. The molecule has 116 valence electrons. The van der Waals surface area contributed by atoms with Gasteiger partial charge in [0.25, 0.3) is 0 Å². The van der Waals surface area contributed by atoms with Crippen molar-refractivity contribution in [3.8, 4) is 0 Å². The summed E-state index contributed by atoms with van der Waals surface area (Å²) in [4.78, 5) is 24.1. The first-order valence-corrected chi connectivity index (χ1v) is 6.89. The number of benzene rings is 1. The summed E-state index contributed by atoms with van der Waals surface area (Å²) < 4.78 is 15.2. The number of hydrogen-bond donors (Lipinski definition) is 0. The highest BCUT2D eigenvalue weighted by molar-refractivity contribution is 5.96. The first kappa shape index (κ1) is 17.2. The quantitative estimate of drug-likeness (QED) is 0.569. The number of hydrogen-bond acceptors (Lipinski definition) is 5. The Bertz CT molecular complexity index is 441. The van der Waals surface area contributed by atoms with E-state index in [1.807, 2.05) is 44.2 Å². The van der Waals surface area contributed by atoms with Gasteiger partial charge in [-0.2, -0.15) is 0 Å². The summed E-state index contributed by atoms with van der Waals surface area (Å²) in [6, 6.07) is 9.30. The Morgan fingerprint density at radius 3 is 2.00 bits per heavy atom. The van der Waals surface area contributed by atoms with Crippen LogP contribution in [-0.2, 0) is 23.8 Å². The molecule has 1 rings (SSSR count).